The minimum Gasteiger partial charge on any atom is -0.308 e. The fraction of sp³-hybridized carbons (Fsp3) is 0.161. The Labute approximate surface area is 216 Å². The van der Waals surface area contributed by atoms with Crippen LogP contribution in [0.5, 0.6) is 0 Å². The summed E-state index contributed by atoms with van der Waals surface area (Å²) in [5.74, 6) is 0.967. The Kier molecular flexibility index (Phi) is 5.85. The van der Waals surface area contributed by atoms with E-state index in [1.165, 1.54) is 5.56 Å². The first-order valence-electron chi connectivity index (χ1n) is 12.7. The van der Waals surface area contributed by atoms with Gasteiger partial charge in [-0.25, -0.2) is 9.48 Å². The highest BCUT2D eigenvalue weighted by molar-refractivity contribution is 5.90. The van der Waals surface area contributed by atoms with Crippen molar-refractivity contribution in [1.82, 2.24) is 19.2 Å². The number of para-hydroxylation sites is 2. The van der Waals surface area contributed by atoms with Crippen LogP contribution in [-0.4, -0.2) is 25.3 Å². The summed E-state index contributed by atoms with van der Waals surface area (Å²) in [5, 5.41) is 8.04. The number of hydrogen-bond donors (Lipinski definition) is 1. The molecule has 2 aromatic heterocycles. The third-order valence-electron chi connectivity index (χ3n) is 7.08. The van der Waals surface area contributed by atoms with Crippen LogP contribution in [0.4, 0.5) is 10.5 Å². The summed E-state index contributed by atoms with van der Waals surface area (Å²) >= 11 is 0. The number of carbonyl (C=O) groups is 1. The molecule has 1 N–H and O–H groups in total. The van der Waals surface area contributed by atoms with E-state index in [2.05, 4.69) is 65.5 Å². The van der Waals surface area contributed by atoms with Crippen LogP contribution in [-0.2, 0) is 13.0 Å². The number of fused-ring (bicyclic) bond motifs is 3. The summed E-state index contributed by atoms with van der Waals surface area (Å²) < 4.78 is 4.18. The average molecular weight is 488 g/mol. The Bertz CT molecular complexity index is 1530. The van der Waals surface area contributed by atoms with Crippen LogP contribution >= 0.6 is 0 Å². The van der Waals surface area contributed by atoms with Crippen molar-refractivity contribution in [2.45, 2.75) is 32.9 Å². The highest BCUT2D eigenvalue weighted by Gasteiger charge is 2.36. The maximum Gasteiger partial charge on any atom is 0.322 e. The Balaban J connectivity index is 1.53. The fourth-order valence-electron chi connectivity index (χ4n) is 5.15. The second kappa shape index (κ2) is 9.47. The number of rotatable bonds is 4. The summed E-state index contributed by atoms with van der Waals surface area (Å²) in [7, 11) is 0. The third-order valence-corrected chi connectivity index (χ3v) is 7.08. The lowest BCUT2D eigenvalue weighted by Crippen LogP contribution is -2.38. The minimum absolute atomic E-state index is 0.150. The van der Waals surface area contributed by atoms with Gasteiger partial charge in [0.05, 0.1) is 29.7 Å². The van der Waals surface area contributed by atoms with E-state index < -0.39 is 0 Å². The maximum atomic E-state index is 13.9. The second-order valence-corrected chi connectivity index (χ2v) is 9.36. The van der Waals surface area contributed by atoms with Crippen molar-refractivity contribution in [3.05, 3.63) is 131 Å². The van der Waals surface area contributed by atoms with Crippen molar-refractivity contribution in [2.75, 3.05) is 5.32 Å². The van der Waals surface area contributed by atoms with E-state index in [9.17, 15) is 4.79 Å². The van der Waals surface area contributed by atoms with Gasteiger partial charge in [0.25, 0.3) is 0 Å². The Morgan fingerprint density at radius 1 is 0.919 bits per heavy atom. The number of amides is 2. The van der Waals surface area contributed by atoms with Crippen LogP contribution in [0.2, 0.25) is 0 Å². The summed E-state index contributed by atoms with van der Waals surface area (Å²) in [6, 6.07) is 32.1. The molecule has 0 aliphatic carbocycles. The number of nitrogens with zero attached hydrogens (tertiary/aromatic N) is 4. The number of aromatic nitrogens is 3. The van der Waals surface area contributed by atoms with Crippen molar-refractivity contribution in [3.63, 3.8) is 0 Å². The van der Waals surface area contributed by atoms with E-state index >= 15 is 0 Å². The molecule has 0 fully saturated rings. The standard InChI is InChI=1S/C31H29N5O/c1-3-23-16-18-24(19-17-23)29-28-15-10-20-34(28)30-27(22(2)33-36(30)26-13-8-5-9-14-26)21-35(29)31(37)32-25-11-6-4-7-12-25/h4-20,29H,3,21H2,1-2H3,(H,32,37)/t29-/m0/s1. The lowest BCUT2D eigenvalue weighted by atomic mass is 9.99. The van der Waals surface area contributed by atoms with Gasteiger partial charge in [0.2, 0.25) is 0 Å². The SMILES string of the molecule is CCc1ccc([C@H]2c3cccn3-c3c(c(C)nn3-c3ccccc3)CN2C(=O)Nc2ccccc2)cc1. The Hall–Kier alpha value is -4.58. The predicted molar refractivity (Wildman–Crippen MR) is 146 cm³/mol. The molecule has 2 amide bonds. The smallest absolute Gasteiger partial charge is 0.308 e. The zero-order valence-electron chi connectivity index (χ0n) is 21.0. The molecule has 0 saturated heterocycles. The molecule has 3 heterocycles. The highest BCUT2D eigenvalue weighted by atomic mass is 16.2. The van der Waals surface area contributed by atoms with Crippen molar-refractivity contribution >= 4 is 11.7 Å². The number of anilines is 1. The van der Waals surface area contributed by atoms with Gasteiger partial charge < -0.3 is 14.8 Å². The van der Waals surface area contributed by atoms with E-state index in [1.54, 1.807) is 0 Å². The van der Waals surface area contributed by atoms with Gasteiger partial charge in [0, 0.05) is 17.4 Å². The molecule has 1 atom stereocenters. The van der Waals surface area contributed by atoms with Gasteiger partial charge in [-0.3, -0.25) is 0 Å². The molecule has 0 radical (unpaired) electrons. The van der Waals surface area contributed by atoms with E-state index in [1.807, 2.05) is 71.1 Å². The van der Waals surface area contributed by atoms with Crippen LogP contribution in [0.25, 0.3) is 11.5 Å². The van der Waals surface area contributed by atoms with Crippen LogP contribution in [0.3, 0.4) is 0 Å². The molecule has 3 aromatic carbocycles. The van der Waals surface area contributed by atoms with Gasteiger partial charge in [-0.1, -0.05) is 67.6 Å². The van der Waals surface area contributed by atoms with E-state index in [0.29, 0.717) is 6.54 Å². The molecule has 6 heteroatoms. The lowest BCUT2D eigenvalue weighted by Gasteiger charge is -2.31. The Morgan fingerprint density at radius 2 is 1.62 bits per heavy atom. The van der Waals surface area contributed by atoms with Gasteiger partial charge in [0.15, 0.2) is 0 Å². The molecular formula is C31H29N5O. The number of urea groups is 1. The third kappa shape index (κ3) is 4.10. The summed E-state index contributed by atoms with van der Waals surface area (Å²) in [6.45, 7) is 4.60. The first-order chi connectivity index (χ1) is 18.1. The Morgan fingerprint density at radius 3 is 2.32 bits per heavy atom. The van der Waals surface area contributed by atoms with Gasteiger partial charge >= 0.3 is 6.03 Å². The molecule has 184 valence electrons. The monoisotopic (exact) mass is 487 g/mol. The predicted octanol–water partition coefficient (Wildman–Crippen LogP) is 6.67. The minimum atomic E-state index is -0.277. The summed E-state index contributed by atoms with van der Waals surface area (Å²) in [5.41, 5.74) is 7.04. The van der Waals surface area contributed by atoms with E-state index in [-0.39, 0.29) is 12.1 Å². The van der Waals surface area contributed by atoms with Crippen LogP contribution in [0, 0.1) is 6.92 Å². The normalized spacial score (nSPS) is 14.5. The van der Waals surface area contributed by atoms with Crippen LogP contribution < -0.4 is 5.32 Å². The first kappa shape index (κ1) is 22.9. The number of hydrogen-bond acceptors (Lipinski definition) is 2. The molecule has 1 aliphatic heterocycles. The second-order valence-electron chi connectivity index (χ2n) is 9.36. The molecule has 6 nitrogen and oxygen atoms in total. The molecule has 0 saturated carbocycles. The maximum absolute atomic E-state index is 13.9. The van der Waals surface area contributed by atoms with Crippen molar-refractivity contribution in [3.8, 4) is 11.5 Å². The van der Waals surface area contributed by atoms with Gasteiger partial charge in [-0.05, 0) is 60.9 Å². The first-order valence-corrected chi connectivity index (χ1v) is 12.7. The number of benzene rings is 3. The zero-order chi connectivity index (χ0) is 25.4. The molecule has 5 aromatic rings. The molecule has 6 rings (SSSR count). The quantitative estimate of drug-likeness (QED) is 0.308. The molecule has 37 heavy (non-hydrogen) atoms. The highest BCUT2D eigenvalue weighted by Crippen LogP contribution is 2.38. The average Bonchev–Trinajstić information content (AvgIpc) is 3.50. The van der Waals surface area contributed by atoms with Crippen LogP contribution in [0.15, 0.2) is 103 Å². The van der Waals surface area contributed by atoms with Crippen molar-refractivity contribution < 1.29 is 4.79 Å². The van der Waals surface area contributed by atoms with Crippen molar-refractivity contribution in [2.24, 2.45) is 0 Å². The lowest BCUT2D eigenvalue weighted by molar-refractivity contribution is 0.194. The zero-order valence-corrected chi connectivity index (χ0v) is 21.0. The molecule has 0 spiro atoms. The molecule has 0 bridgehead atoms. The summed E-state index contributed by atoms with van der Waals surface area (Å²) in [6.07, 6.45) is 3.04. The van der Waals surface area contributed by atoms with Gasteiger partial charge in [-0.2, -0.15) is 5.10 Å². The fourth-order valence-corrected chi connectivity index (χ4v) is 5.15. The largest absolute Gasteiger partial charge is 0.322 e. The van der Waals surface area contributed by atoms with E-state index in [0.717, 1.165) is 46.1 Å². The van der Waals surface area contributed by atoms with E-state index in [4.69, 9.17) is 5.10 Å². The van der Waals surface area contributed by atoms with Gasteiger partial charge in [0.1, 0.15) is 5.82 Å². The molecule has 0 unspecified atom stereocenters. The molecular weight excluding hydrogens is 458 g/mol. The van der Waals surface area contributed by atoms with Crippen LogP contribution in [0.1, 0.15) is 41.0 Å². The topological polar surface area (TPSA) is 55.1 Å². The van der Waals surface area contributed by atoms with Crippen molar-refractivity contribution in [1.29, 1.82) is 0 Å². The number of carbonyl (C=O) groups excluding carboxylic acids is 1. The summed E-state index contributed by atoms with van der Waals surface area (Å²) in [4.78, 5) is 15.9. The number of aryl methyl sites for hydroxylation is 2. The van der Waals surface area contributed by atoms with Gasteiger partial charge in [-0.15, -0.1) is 0 Å². The number of nitrogens with one attached hydrogen (secondary N) is 1. The molecule has 1 aliphatic rings.